The van der Waals surface area contributed by atoms with Crippen molar-refractivity contribution in [3.8, 4) is 0 Å². The molecule has 5 nitrogen and oxygen atoms in total. The van der Waals surface area contributed by atoms with Crippen LogP contribution in [0.15, 0.2) is 28.8 Å². The van der Waals surface area contributed by atoms with Crippen molar-refractivity contribution in [2.75, 3.05) is 5.32 Å². The monoisotopic (exact) mass is 279 g/mol. The SMILES string of the molecule is Cc1cc(C(=O)Nc2ccc(C(N)=S)cc2F)on1. The lowest BCUT2D eigenvalue weighted by Gasteiger charge is -2.06. The molecule has 0 unspecified atom stereocenters. The Morgan fingerprint density at radius 3 is 2.74 bits per heavy atom. The summed E-state index contributed by atoms with van der Waals surface area (Å²) in [5.74, 6) is -1.20. The molecule has 0 radical (unpaired) electrons. The van der Waals surface area contributed by atoms with Crippen molar-refractivity contribution >= 4 is 28.8 Å². The van der Waals surface area contributed by atoms with E-state index in [4.69, 9.17) is 22.5 Å². The average Bonchev–Trinajstić information content (AvgIpc) is 2.78. The molecular formula is C12H10FN3O2S. The van der Waals surface area contributed by atoms with Gasteiger partial charge in [-0.2, -0.15) is 0 Å². The first-order valence-corrected chi connectivity index (χ1v) is 5.72. The third kappa shape index (κ3) is 2.94. The van der Waals surface area contributed by atoms with Gasteiger partial charge in [0.25, 0.3) is 5.91 Å². The van der Waals surface area contributed by atoms with Crippen LogP contribution in [0.4, 0.5) is 10.1 Å². The van der Waals surface area contributed by atoms with E-state index in [1.54, 1.807) is 6.92 Å². The van der Waals surface area contributed by atoms with Crippen LogP contribution in [0.25, 0.3) is 0 Å². The molecule has 0 aliphatic carbocycles. The van der Waals surface area contributed by atoms with Gasteiger partial charge in [-0.3, -0.25) is 4.79 Å². The summed E-state index contributed by atoms with van der Waals surface area (Å²) in [5.41, 5.74) is 6.35. The second-order valence-corrected chi connectivity index (χ2v) is 4.29. The van der Waals surface area contributed by atoms with Crippen LogP contribution in [0.5, 0.6) is 0 Å². The van der Waals surface area contributed by atoms with Crippen LogP contribution >= 0.6 is 12.2 Å². The molecule has 19 heavy (non-hydrogen) atoms. The van der Waals surface area contributed by atoms with E-state index in [9.17, 15) is 9.18 Å². The number of nitrogens with zero attached hydrogens (tertiary/aromatic N) is 1. The fraction of sp³-hybridized carbons (Fsp3) is 0.0833. The number of aryl methyl sites for hydroxylation is 1. The minimum absolute atomic E-state index is 0.00956. The van der Waals surface area contributed by atoms with Gasteiger partial charge in [-0.25, -0.2) is 4.39 Å². The number of rotatable bonds is 3. The molecule has 0 spiro atoms. The maximum atomic E-state index is 13.7. The zero-order valence-corrected chi connectivity index (χ0v) is 10.8. The number of carbonyl (C=O) groups excluding carboxylic acids is 1. The van der Waals surface area contributed by atoms with E-state index in [2.05, 4.69) is 10.5 Å². The van der Waals surface area contributed by atoms with Crippen LogP contribution in [0.3, 0.4) is 0 Å². The van der Waals surface area contributed by atoms with Crippen LogP contribution in [0, 0.1) is 12.7 Å². The first-order valence-electron chi connectivity index (χ1n) is 5.31. The van der Waals surface area contributed by atoms with Crippen molar-refractivity contribution in [3.05, 3.63) is 47.1 Å². The summed E-state index contributed by atoms with van der Waals surface area (Å²) in [4.78, 5) is 11.8. The second-order valence-electron chi connectivity index (χ2n) is 3.85. The minimum Gasteiger partial charge on any atom is -0.389 e. The maximum absolute atomic E-state index is 13.7. The Morgan fingerprint density at radius 1 is 1.47 bits per heavy atom. The summed E-state index contributed by atoms with van der Waals surface area (Å²) in [6.07, 6.45) is 0. The third-order valence-corrected chi connectivity index (χ3v) is 2.59. The molecule has 2 aromatic rings. The lowest BCUT2D eigenvalue weighted by molar-refractivity contribution is 0.0987. The number of nitrogens with one attached hydrogen (secondary N) is 1. The van der Waals surface area contributed by atoms with Gasteiger partial charge in [-0.15, -0.1) is 0 Å². The van der Waals surface area contributed by atoms with Crippen molar-refractivity contribution < 1.29 is 13.7 Å². The minimum atomic E-state index is -0.630. The molecular weight excluding hydrogens is 269 g/mol. The Kier molecular flexibility index (Phi) is 3.57. The number of anilines is 1. The largest absolute Gasteiger partial charge is 0.389 e. The number of thiocarbonyl (C=S) groups is 1. The quantitative estimate of drug-likeness (QED) is 0.840. The van der Waals surface area contributed by atoms with Gasteiger partial charge in [-0.05, 0) is 25.1 Å². The summed E-state index contributed by atoms with van der Waals surface area (Å²) < 4.78 is 18.5. The molecule has 0 saturated carbocycles. The molecule has 0 aliphatic rings. The van der Waals surface area contributed by atoms with Crippen LogP contribution in [-0.2, 0) is 0 Å². The molecule has 2 rings (SSSR count). The van der Waals surface area contributed by atoms with E-state index < -0.39 is 11.7 Å². The van der Waals surface area contributed by atoms with Gasteiger partial charge in [0.05, 0.1) is 11.4 Å². The number of hydrogen-bond acceptors (Lipinski definition) is 4. The van der Waals surface area contributed by atoms with E-state index >= 15 is 0 Å². The van der Waals surface area contributed by atoms with Crippen molar-refractivity contribution in [1.29, 1.82) is 0 Å². The van der Waals surface area contributed by atoms with Gasteiger partial charge in [0.2, 0.25) is 5.76 Å². The van der Waals surface area contributed by atoms with E-state index in [0.717, 1.165) is 6.07 Å². The molecule has 1 aromatic heterocycles. The molecule has 1 amide bonds. The highest BCUT2D eigenvalue weighted by molar-refractivity contribution is 7.80. The van der Waals surface area contributed by atoms with Crippen LogP contribution in [0.2, 0.25) is 0 Å². The average molecular weight is 279 g/mol. The summed E-state index contributed by atoms with van der Waals surface area (Å²) >= 11 is 4.73. The van der Waals surface area contributed by atoms with Crippen molar-refractivity contribution in [2.24, 2.45) is 5.73 Å². The molecule has 7 heteroatoms. The predicted octanol–water partition coefficient (Wildman–Crippen LogP) is 2.01. The number of aromatic nitrogens is 1. The van der Waals surface area contributed by atoms with Crippen molar-refractivity contribution in [3.63, 3.8) is 0 Å². The lowest BCUT2D eigenvalue weighted by atomic mass is 10.2. The molecule has 0 fully saturated rings. The molecule has 1 heterocycles. The number of amides is 1. The number of benzene rings is 1. The Labute approximate surface area is 113 Å². The first-order chi connectivity index (χ1) is 8.97. The first kappa shape index (κ1) is 13.2. The van der Waals surface area contributed by atoms with Gasteiger partial charge >= 0.3 is 0 Å². The zero-order chi connectivity index (χ0) is 14.0. The zero-order valence-electron chi connectivity index (χ0n) is 9.94. The lowest BCUT2D eigenvalue weighted by Crippen LogP contribution is -2.14. The van der Waals surface area contributed by atoms with Gasteiger partial charge in [0.1, 0.15) is 10.8 Å². The van der Waals surface area contributed by atoms with Gasteiger partial charge in [0.15, 0.2) is 0 Å². The highest BCUT2D eigenvalue weighted by Gasteiger charge is 2.14. The fourth-order valence-electron chi connectivity index (χ4n) is 1.42. The van der Waals surface area contributed by atoms with Gasteiger partial charge in [-0.1, -0.05) is 17.4 Å². The normalized spacial score (nSPS) is 10.2. The topological polar surface area (TPSA) is 81.2 Å². The Morgan fingerprint density at radius 2 is 2.21 bits per heavy atom. The van der Waals surface area contributed by atoms with E-state index in [0.29, 0.717) is 11.3 Å². The summed E-state index contributed by atoms with van der Waals surface area (Å²) in [6, 6.07) is 5.51. The highest BCUT2D eigenvalue weighted by Crippen LogP contribution is 2.17. The summed E-state index contributed by atoms with van der Waals surface area (Å²) in [6.45, 7) is 1.68. The molecule has 98 valence electrons. The summed E-state index contributed by atoms with van der Waals surface area (Å²) in [5, 5.41) is 5.95. The van der Waals surface area contributed by atoms with Crippen molar-refractivity contribution in [2.45, 2.75) is 6.92 Å². The van der Waals surface area contributed by atoms with E-state index in [1.807, 2.05) is 0 Å². The maximum Gasteiger partial charge on any atom is 0.294 e. The molecule has 0 bridgehead atoms. The molecule has 0 atom stereocenters. The van der Waals surface area contributed by atoms with Crippen molar-refractivity contribution in [1.82, 2.24) is 5.16 Å². The number of halogens is 1. The van der Waals surface area contributed by atoms with E-state index in [-0.39, 0.29) is 16.4 Å². The fourth-order valence-corrected chi connectivity index (χ4v) is 1.55. The molecule has 3 N–H and O–H groups in total. The van der Waals surface area contributed by atoms with E-state index in [1.165, 1.54) is 18.2 Å². The van der Waals surface area contributed by atoms with Crippen LogP contribution < -0.4 is 11.1 Å². The molecule has 0 saturated heterocycles. The third-order valence-electron chi connectivity index (χ3n) is 2.35. The van der Waals surface area contributed by atoms with Crippen LogP contribution in [-0.4, -0.2) is 16.1 Å². The molecule has 0 aliphatic heterocycles. The smallest absolute Gasteiger partial charge is 0.294 e. The van der Waals surface area contributed by atoms with Crippen LogP contribution in [0.1, 0.15) is 21.8 Å². The standard InChI is InChI=1S/C12H10FN3O2S/c1-6-4-10(18-16-6)12(17)15-9-3-2-7(11(14)19)5-8(9)13/h2-5H,1H3,(H2,14,19)(H,15,17). The Hall–Kier alpha value is -2.28. The number of hydrogen-bond donors (Lipinski definition) is 2. The second kappa shape index (κ2) is 5.15. The predicted molar refractivity (Wildman–Crippen MR) is 71.5 cm³/mol. The van der Waals surface area contributed by atoms with Gasteiger partial charge < -0.3 is 15.6 Å². The highest BCUT2D eigenvalue weighted by atomic mass is 32.1. The molecule has 1 aromatic carbocycles. The summed E-state index contributed by atoms with van der Waals surface area (Å²) in [7, 11) is 0. The van der Waals surface area contributed by atoms with Gasteiger partial charge in [0, 0.05) is 11.6 Å². The Bertz CT molecular complexity index is 654. The number of carbonyl (C=O) groups is 1. The number of nitrogens with two attached hydrogens (primary N) is 1. The Balaban J connectivity index is 2.20.